The highest BCUT2D eigenvalue weighted by atomic mass is 16.5. The van der Waals surface area contributed by atoms with Crippen molar-refractivity contribution in [1.82, 2.24) is 0 Å². The third kappa shape index (κ3) is 5.64. The van der Waals surface area contributed by atoms with Crippen LogP contribution < -0.4 is 14.8 Å². The van der Waals surface area contributed by atoms with Crippen molar-refractivity contribution in [2.75, 3.05) is 19.5 Å². The van der Waals surface area contributed by atoms with Crippen LogP contribution in [-0.2, 0) is 20.7 Å². The minimum absolute atomic E-state index is 0.00761. The summed E-state index contributed by atoms with van der Waals surface area (Å²) in [6, 6.07) is 10.3. The molecule has 7 nitrogen and oxygen atoms in total. The summed E-state index contributed by atoms with van der Waals surface area (Å²) in [6.07, 6.45) is -0.505. The maximum Gasteiger partial charge on any atom is 0.306 e. The van der Waals surface area contributed by atoms with Crippen LogP contribution in [0.1, 0.15) is 24.5 Å². The molecule has 0 saturated carbocycles. The largest absolute Gasteiger partial charge is 0.504 e. The molecule has 0 aliphatic rings. The molecule has 0 aliphatic carbocycles. The van der Waals surface area contributed by atoms with Gasteiger partial charge in [0.2, 0.25) is 0 Å². The van der Waals surface area contributed by atoms with Crippen molar-refractivity contribution in [1.29, 1.82) is 0 Å². The Morgan fingerprint density at radius 2 is 1.75 bits per heavy atom. The van der Waals surface area contributed by atoms with Crippen LogP contribution in [0, 0.1) is 6.92 Å². The number of esters is 1. The van der Waals surface area contributed by atoms with Crippen LogP contribution >= 0.6 is 0 Å². The van der Waals surface area contributed by atoms with Gasteiger partial charge in [-0.1, -0.05) is 12.1 Å². The summed E-state index contributed by atoms with van der Waals surface area (Å²) in [4.78, 5) is 24.4. The van der Waals surface area contributed by atoms with Crippen molar-refractivity contribution >= 4 is 17.6 Å². The molecule has 0 radical (unpaired) electrons. The minimum Gasteiger partial charge on any atom is -0.504 e. The van der Waals surface area contributed by atoms with Gasteiger partial charge in [-0.3, -0.25) is 9.59 Å². The van der Waals surface area contributed by atoms with E-state index in [0.717, 1.165) is 11.1 Å². The van der Waals surface area contributed by atoms with Crippen LogP contribution in [-0.4, -0.2) is 37.3 Å². The summed E-state index contributed by atoms with van der Waals surface area (Å²) in [7, 11) is 2.98. The quantitative estimate of drug-likeness (QED) is 0.676. The van der Waals surface area contributed by atoms with Gasteiger partial charge in [-0.05, 0) is 55.7 Å². The van der Waals surface area contributed by atoms with Gasteiger partial charge in [-0.2, -0.15) is 0 Å². The molecule has 0 heterocycles. The smallest absolute Gasteiger partial charge is 0.306 e. The van der Waals surface area contributed by atoms with Crippen LogP contribution in [0.4, 0.5) is 5.69 Å². The van der Waals surface area contributed by atoms with Crippen molar-refractivity contribution in [2.45, 2.75) is 32.8 Å². The maximum absolute atomic E-state index is 12.3. The van der Waals surface area contributed by atoms with Gasteiger partial charge in [0.1, 0.15) is 5.75 Å². The summed E-state index contributed by atoms with van der Waals surface area (Å²) >= 11 is 0. The average molecular weight is 387 g/mol. The van der Waals surface area contributed by atoms with E-state index >= 15 is 0 Å². The van der Waals surface area contributed by atoms with Crippen molar-refractivity contribution in [3.05, 3.63) is 47.5 Å². The zero-order valence-corrected chi connectivity index (χ0v) is 16.4. The number of rotatable bonds is 8. The predicted molar refractivity (Wildman–Crippen MR) is 105 cm³/mol. The number of anilines is 1. The Morgan fingerprint density at radius 1 is 1.07 bits per heavy atom. The fraction of sp³-hybridized carbons (Fsp3) is 0.333. The first kappa shape index (κ1) is 21.1. The topological polar surface area (TPSA) is 94.1 Å². The molecule has 1 amide bonds. The molecule has 1 unspecified atom stereocenters. The third-order valence-corrected chi connectivity index (χ3v) is 4.15. The Balaban J connectivity index is 1.88. The lowest BCUT2D eigenvalue weighted by Gasteiger charge is -2.15. The Morgan fingerprint density at radius 3 is 2.39 bits per heavy atom. The third-order valence-electron chi connectivity index (χ3n) is 4.15. The van der Waals surface area contributed by atoms with E-state index in [1.54, 1.807) is 24.3 Å². The lowest BCUT2D eigenvalue weighted by atomic mass is 10.1. The Kier molecular flexibility index (Phi) is 7.26. The number of phenols is 1. The highest BCUT2D eigenvalue weighted by Crippen LogP contribution is 2.27. The summed E-state index contributed by atoms with van der Waals surface area (Å²) in [5.74, 6) is -0.0540. The number of aryl methyl sites for hydroxylation is 2. The molecule has 150 valence electrons. The van der Waals surface area contributed by atoms with Crippen LogP contribution in [0.25, 0.3) is 0 Å². The average Bonchev–Trinajstić information content (AvgIpc) is 2.66. The molecule has 2 aromatic carbocycles. The number of hydrogen-bond donors (Lipinski definition) is 2. The number of nitrogens with one attached hydrogen (secondary N) is 1. The molecule has 2 aromatic rings. The van der Waals surface area contributed by atoms with Crippen LogP contribution in [0.5, 0.6) is 17.2 Å². The molecule has 0 bridgehead atoms. The summed E-state index contributed by atoms with van der Waals surface area (Å²) in [5.41, 5.74) is 2.24. The molecule has 2 rings (SSSR count). The second kappa shape index (κ2) is 9.64. The number of methoxy groups -OCH3 is 2. The lowest BCUT2D eigenvalue weighted by Crippen LogP contribution is -2.30. The Labute approximate surface area is 164 Å². The van der Waals surface area contributed by atoms with E-state index in [0.29, 0.717) is 23.6 Å². The first-order chi connectivity index (χ1) is 13.3. The van der Waals surface area contributed by atoms with Gasteiger partial charge in [0, 0.05) is 6.42 Å². The van der Waals surface area contributed by atoms with E-state index in [4.69, 9.17) is 14.2 Å². The molecule has 0 fully saturated rings. The Bertz CT molecular complexity index is 849. The number of carbonyl (C=O) groups is 2. The second-order valence-corrected chi connectivity index (χ2v) is 6.33. The number of hydrogen-bond acceptors (Lipinski definition) is 6. The molecule has 2 N–H and O–H groups in total. The fourth-order valence-corrected chi connectivity index (χ4v) is 2.60. The van der Waals surface area contributed by atoms with Gasteiger partial charge < -0.3 is 24.6 Å². The molecular formula is C21H25NO6. The van der Waals surface area contributed by atoms with Crippen molar-refractivity contribution in [2.24, 2.45) is 0 Å². The lowest BCUT2D eigenvalue weighted by molar-refractivity contribution is -0.153. The highest BCUT2D eigenvalue weighted by molar-refractivity contribution is 5.96. The number of carbonyl (C=O) groups excluding carboxylic acids is 2. The monoisotopic (exact) mass is 387 g/mol. The van der Waals surface area contributed by atoms with Gasteiger partial charge in [-0.25, -0.2) is 0 Å². The minimum atomic E-state index is -0.956. The SMILES string of the molecule is COc1ccc(CCC(=O)OC(C)C(=O)Nc2cc(C)ccc2OC)cc1O. The number of ether oxygens (including phenoxy) is 3. The van der Waals surface area contributed by atoms with E-state index in [9.17, 15) is 14.7 Å². The molecule has 0 saturated heterocycles. The summed E-state index contributed by atoms with van der Waals surface area (Å²) in [5, 5.41) is 12.5. The van der Waals surface area contributed by atoms with Crippen molar-refractivity contribution in [3.8, 4) is 17.2 Å². The maximum atomic E-state index is 12.3. The molecule has 7 heteroatoms. The molecule has 28 heavy (non-hydrogen) atoms. The van der Waals surface area contributed by atoms with Gasteiger partial charge >= 0.3 is 5.97 Å². The van der Waals surface area contributed by atoms with Gasteiger partial charge in [0.15, 0.2) is 17.6 Å². The number of benzene rings is 2. The standard InChI is InChI=1S/C21H25NO6/c1-13-5-8-18(26-3)16(11-13)22-21(25)14(2)28-20(24)10-7-15-6-9-19(27-4)17(23)12-15/h5-6,8-9,11-12,14,23H,7,10H2,1-4H3,(H,22,25). The van der Waals surface area contributed by atoms with Crippen molar-refractivity contribution in [3.63, 3.8) is 0 Å². The van der Waals surface area contributed by atoms with E-state index < -0.39 is 18.0 Å². The van der Waals surface area contributed by atoms with Gasteiger partial charge in [-0.15, -0.1) is 0 Å². The fourth-order valence-electron chi connectivity index (χ4n) is 2.60. The first-order valence-electron chi connectivity index (χ1n) is 8.85. The molecule has 0 aliphatic heterocycles. The summed E-state index contributed by atoms with van der Waals surface area (Å²) in [6.45, 7) is 3.41. The second-order valence-electron chi connectivity index (χ2n) is 6.33. The zero-order valence-electron chi connectivity index (χ0n) is 16.4. The highest BCUT2D eigenvalue weighted by Gasteiger charge is 2.19. The van der Waals surface area contributed by atoms with Gasteiger partial charge in [0.25, 0.3) is 5.91 Å². The van der Waals surface area contributed by atoms with Crippen LogP contribution in [0.15, 0.2) is 36.4 Å². The molecule has 0 aromatic heterocycles. The van der Waals surface area contributed by atoms with Crippen LogP contribution in [0.2, 0.25) is 0 Å². The normalized spacial score (nSPS) is 11.4. The Hall–Kier alpha value is -3.22. The van der Waals surface area contributed by atoms with E-state index in [-0.39, 0.29) is 12.2 Å². The first-order valence-corrected chi connectivity index (χ1v) is 8.85. The predicted octanol–water partition coefficient (Wildman–Crippen LogP) is 3.22. The van der Waals surface area contributed by atoms with E-state index in [2.05, 4.69) is 5.32 Å². The number of phenolic OH excluding ortho intramolecular Hbond substituents is 1. The zero-order chi connectivity index (χ0) is 20.7. The molecule has 0 spiro atoms. The van der Waals surface area contributed by atoms with Gasteiger partial charge in [0.05, 0.1) is 19.9 Å². The van der Waals surface area contributed by atoms with E-state index in [1.807, 2.05) is 13.0 Å². The van der Waals surface area contributed by atoms with Crippen LogP contribution in [0.3, 0.4) is 0 Å². The number of aromatic hydroxyl groups is 1. The molecule has 1 atom stereocenters. The summed E-state index contributed by atoms with van der Waals surface area (Å²) < 4.78 is 15.4. The number of amides is 1. The van der Waals surface area contributed by atoms with Crippen molar-refractivity contribution < 1.29 is 28.9 Å². The van der Waals surface area contributed by atoms with E-state index in [1.165, 1.54) is 27.2 Å². The molecular weight excluding hydrogens is 362 g/mol.